The predicted octanol–water partition coefficient (Wildman–Crippen LogP) is 2.54. The van der Waals surface area contributed by atoms with Crippen molar-refractivity contribution in [3.05, 3.63) is 34.1 Å². The van der Waals surface area contributed by atoms with Gasteiger partial charge in [-0.2, -0.15) is 0 Å². The molecule has 74 valence electrons. The quantitative estimate of drug-likeness (QED) is 0.824. The molecular formula is C10H9BrFNO. The number of hydrogen-bond acceptors (Lipinski definition) is 1. The molecule has 1 aliphatic rings. The van der Waals surface area contributed by atoms with Gasteiger partial charge >= 0.3 is 0 Å². The van der Waals surface area contributed by atoms with Crippen molar-refractivity contribution in [1.82, 2.24) is 5.32 Å². The maximum absolute atomic E-state index is 13.2. The molecule has 1 atom stereocenters. The number of carbonyl (C=O) groups is 1. The molecule has 0 radical (unpaired) electrons. The van der Waals surface area contributed by atoms with Crippen molar-refractivity contribution < 1.29 is 9.18 Å². The molecule has 1 N–H and O–H groups in total. The highest BCUT2D eigenvalue weighted by molar-refractivity contribution is 9.10. The van der Waals surface area contributed by atoms with E-state index in [0.29, 0.717) is 10.9 Å². The van der Waals surface area contributed by atoms with Crippen LogP contribution in [0.2, 0.25) is 0 Å². The van der Waals surface area contributed by atoms with E-state index in [4.69, 9.17) is 0 Å². The minimum atomic E-state index is -0.288. The first-order valence-corrected chi connectivity index (χ1v) is 5.21. The summed E-state index contributed by atoms with van der Waals surface area (Å²) in [5, 5.41) is 2.80. The van der Waals surface area contributed by atoms with Crippen LogP contribution in [-0.4, -0.2) is 5.91 Å². The molecule has 2 rings (SSSR count). The van der Waals surface area contributed by atoms with E-state index < -0.39 is 0 Å². The van der Waals surface area contributed by atoms with Gasteiger partial charge in [0.05, 0.1) is 10.5 Å². The molecule has 1 fully saturated rings. The van der Waals surface area contributed by atoms with Gasteiger partial charge in [-0.05, 0) is 34.0 Å². The Morgan fingerprint density at radius 3 is 2.93 bits per heavy atom. The highest BCUT2D eigenvalue weighted by atomic mass is 79.9. The number of nitrogens with one attached hydrogen (secondary N) is 1. The molecule has 1 aromatic carbocycles. The SMILES string of the molecule is O=C1CC[C@@H](c2cccc(F)c2Br)N1. The van der Waals surface area contributed by atoms with Gasteiger partial charge in [0.2, 0.25) is 5.91 Å². The molecule has 0 unspecified atom stereocenters. The summed E-state index contributed by atoms with van der Waals surface area (Å²) >= 11 is 3.18. The van der Waals surface area contributed by atoms with Gasteiger partial charge in [-0.1, -0.05) is 12.1 Å². The monoisotopic (exact) mass is 257 g/mol. The summed E-state index contributed by atoms with van der Waals surface area (Å²) in [5.41, 5.74) is 0.816. The van der Waals surface area contributed by atoms with Crippen molar-refractivity contribution in [2.24, 2.45) is 0 Å². The summed E-state index contributed by atoms with van der Waals surface area (Å²) in [6.45, 7) is 0. The van der Waals surface area contributed by atoms with Gasteiger partial charge in [-0.25, -0.2) is 4.39 Å². The third kappa shape index (κ3) is 1.66. The lowest BCUT2D eigenvalue weighted by atomic mass is 10.1. The summed E-state index contributed by atoms with van der Waals surface area (Å²) < 4.78 is 13.6. The average Bonchev–Trinajstić information content (AvgIpc) is 2.57. The van der Waals surface area contributed by atoms with Crippen molar-refractivity contribution in [1.29, 1.82) is 0 Å². The molecule has 2 nitrogen and oxygen atoms in total. The van der Waals surface area contributed by atoms with E-state index in [2.05, 4.69) is 21.2 Å². The lowest BCUT2D eigenvalue weighted by molar-refractivity contribution is -0.119. The zero-order chi connectivity index (χ0) is 10.1. The van der Waals surface area contributed by atoms with Gasteiger partial charge in [-0.3, -0.25) is 4.79 Å². The Hall–Kier alpha value is -0.900. The number of halogens is 2. The molecular weight excluding hydrogens is 249 g/mol. The van der Waals surface area contributed by atoms with Crippen LogP contribution in [0.5, 0.6) is 0 Å². The third-order valence-corrected chi connectivity index (χ3v) is 3.19. The van der Waals surface area contributed by atoms with Crippen LogP contribution in [0.1, 0.15) is 24.4 Å². The predicted molar refractivity (Wildman–Crippen MR) is 54.2 cm³/mol. The molecule has 0 saturated carbocycles. The van der Waals surface area contributed by atoms with Crippen molar-refractivity contribution in [3.63, 3.8) is 0 Å². The first-order valence-electron chi connectivity index (χ1n) is 4.42. The van der Waals surface area contributed by atoms with Crippen LogP contribution in [0.4, 0.5) is 4.39 Å². The highest BCUT2D eigenvalue weighted by Gasteiger charge is 2.24. The van der Waals surface area contributed by atoms with Crippen molar-refractivity contribution in [2.45, 2.75) is 18.9 Å². The normalized spacial score (nSPS) is 21.0. The second-order valence-electron chi connectivity index (χ2n) is 3.30. The van der Waals surface area contributed by atoms with Crippen LogP contribution in [0, 0.1) is 5.82 Å². The van der Waals surface area contributed by atoms with Crippen molar-refractivity contribution >= 4 is 21.8 Å². The Kier molecular flexibility index (Phi) is 2.54. The third-order valence-electron chi connectivity index (χ3n) is 2.35. The molecule has 0 aliphatic carbocycles. The van der Waals surface area contributed by atoms with Crippen LogP contribution in [0.15, 0.2) is 22.7 Å². The minimum absolute atomic E-state index is 0.0335. The molecule has 1 saturated heterocycles. The maximum Gasteiger partial charge on any atom is 0.220 e. The molecule has 1 heterocycles. The van der Waals surface area contributed by atoms with E-state index in [-0.39, 0.29) is 17.8 Å². The van der Waals surface area contributed by atoms with E-state index in [1.54, 1.807) is 6.07 Å². The van der Waals surface area contributed by atoms with E-state index in [1.807, 2.05) is 6.07 Å². The number of amides is 1. The van der Waals surface area contributed by atoms with Gasteiger partial charge in [0.25, 0.3) is 0 Å². The second kappa shape index (κ2) is 3.69. The summed E-state index contributed by atoms with van der Waals surface area (Å²) in [7, 11) is 0. The zero-order valence-corrected chi connectivity index (χ0v) is 8.97. The first-order chi connectivity index (χ1) is 6.68. The molecule has 1 amide bonds. The highest BCUT2D eigenvalue weighted by Crippen LogP contribution is 2.31. The maximum atomic E-state index is 13.2. The minimum Gasteiger partial charge on any atom is -0.349 e. The smallest absolute Gasteiger partial charge is 0.220 e. The largest absolute Gasteiger partial charge is 0.349 e. The number of benzene rings is 1. The molecule has 0 aromatic heterocycles. The lowest BCUT2D eigenvalue weighted by Crippen LogP contribution is -2.18. The van der Waals surface area contributed by atoms with Crippen LogP contribution in [0.25, 0.3) is 0 Å². The van der Waals surface area contributed by atoms with Crippen molar-refractivity contribution in [2.75, 3.05) is 0 Å². The fourth-order valence-electron chi connectivity index (χ4n) is 1.64. The van der Waals surface area contributed by atoms with E-state index in [9.17, 15) is 9.18 Å². The van der Waals surface area contributed by atoms with Gasteiger partial charge in [0.1, 0.15) is 5.82 Å². The number of rotatable bonds is 1. The summed E-state index contributed by atoms with van der Waals surface area (Å²) in [6, 6.07) is 4.82. The number of carbonyl (C=O) groups excluding carboxylic acids is 1. The van der Waals surface area contributed by atoms with Gasteiger partial charge in [-0.15, -0.1) is 0 Å². The summed E-state index contributed by atoms with van der Waals surface area (Å²) in [4.78, 5) is 11.0. The zero-order valence-electron chi connectivity index (χ0n) is 7.39. The Balaban J connectivity index is 2.32. The van der Waals surface area contributed by atoms with Gasteiger partial charge in [0.15, 0.2) is 0 Å². The standard InChI is InChI=1S/C10H9BrFNO/c11-10-6(2-1-3-7(10)12)8-4-5-9(14)13-8/h1-3,8H,4-5H2,(H,13,14)/t8-/m0/s1. The van der Waals surface area contributed by atoms with Gasteiger partial charge in [0, 0.05) is 6.42 Å². The molecule has 0 spiro atoms. The summed E-state index contributed by atoms with van der Waals surface area (Å²) in [6.07, 6.45) is 1.26. The Bertz CT molecular complexity index is 380. The fourth-order valence-corrected chi connectivity index (χ4v) is 2.18. The number of hydrogen-bond donors (Lipinski definition) is 1. The average molecular weight is 258 g/mol. The Morgan fingerprint density at radius 2 is 2.29 bits per heavy atom. The molecule has 1 aliphatic heterocycles. The van der Waals surface area contributed by atoms with E-state index in [1.165, 1.54) is 6.07 Å². The van der Waals surface area contributed by atoms with E-state index >= 15 is 0 Å². The van der Waals surface area contributed by atoms with Gasteiger partial charge < -0.3 is 5.32 Å². The van der Waals surface area contributed by atoms with Crippen LogP contribution in [-0.2, 0) is 4.79 Å². The fraction of sp³-hybridized carbons (Fsp3) is 0.300. The van der Waals surface area contributed by atoms with Crippen LogP contribution in [0.3, 0.4) is 0 Å². The Morgan fingerprint density at radius 1 is 1.50 bits per heavy atom. The first kappa shape index (κ1) is 9.65. The molecule has 1 aromatic rings. The second-order valence-corrected chi connectivity index (χ2v) is 4.09. The Labute approximate surface area is 89.6 Å². The molecule has 4 heteroatoms. The molecule has 0 bridgehead atoms. The van der Waals surface area contributed by atoms with Crippen LogP contribution < -0.4 is 5.32 Å². The molecule has 14 heavy (non-hydrogen) atoms. The van der Waals surface area contributed by atoms with E-state index in [0.717, 1.165) is 12.0 Å². The van der Waals surface area contributed by atoms with Crippen molar-refractivity contribution in [3.8, 4) is 0 Å². The topological polar surface area (TPSA) is 29.1 Å². The summed E-state index contributed by atoms with van der Waals surface area (Å²) in [5.74, 6) is -0.255. The van der Waals surface area contributed by atoms with Crippen LogP contribution >= 0.6 is 15.9 Å². The lowest BCUT2D eigenvalue weighted by Gasteiger charge is -2.12.